The van der Waals surface area contributed by atoms with E-state index in [4.69, 9.17) is 5.21 Å². The summed E-state index contributed by atoms with van der Waals surface area (Å²) in [5.41, 5.74) is 0.601. The number of nitrogens with zero attached hydrogens (tertiary/aromatic N) is 1. The van der Waals surface area contributed by atoms with E-state index in [1.54, 1.807) is 12.1 Å². The number of halogens is 2. The van der Waals surface area contributed by atoms with Crippen molar-refractivity contribution in [2.45, 2.75) is 0 Å². The molecule has 0 unspecified atom stereocenters. The Kier molecular flexibility index (Phi) is 4.09. The van der Waals surface area contributed by atoms with Crippen LogP contribution in [0.1, 0.15) is 0 Å². The lowest BCUT2D eigenvalue weighted by Gasteiger charge is -2.04. The maximum atomic E-state index is 11.0. The summed E-state index contributed by atoms with van der Waals surface area (Å²) in [4.78, 5) is 11.0. The standard InChI is InChI=1S/C8H6Br2N2O2/c9-5-1-2-6(10)7(3-5)12-8(13)4-11-14/h1-4,14H,(H,12,13)/b11-4-. The Bertz CT molecular complexity index is 380. The summed E-state index contributed by atoms with van der Waals surface area (Å²) in [7, 11) is 0. The second-order valence-corrected chi connectivity index (χ2v) is 4.13. The van der Waals surface area contributed by atoms with Crippen LogP contribution in [0, 0.1) is 0 Å². The Hall–Kier alpha value is -0.880. The topological polar surface area (TPSA) is 61.7 Å². The van der Waals surface area contributed by atoms with Gasteiger partial charge in [-0.1, -0.05) is 21.1 Å². The number of hydrogen-bond acceptors (Lipinski definition) is 3. The molecule has 0 aliphatic rings. The fourth-order valence-corrected chi connectivity index (χ4v) is 1.52. The molecule has 1 aromatic carbocycles. The van der Waals surface area contributed by atoms with Crippen LogP contribution >= 0.6 is 31.9 Å². The number of rotatable bonds is 2. The molecule has 1 rings (SSSR count). The average molecular weight is 322 g/mol. The number of hydrogen-bond donors (Lipinski definition) is 2. The first kappa shape index (κ1) is 11.2. The molecule has 0 bridgehead atoms. The van der Waals surface area contributed by atoms with Crippen LogP contribution in [0.2, 0.25) is 0 Å². The Labute approximate surface area is 97.3 Å². The van der Waals surface area contributed by atoms with Crippen LogP contribution in [0.3, 0.4) is 0 Å². The molecular formula is C8H6Br2N2O2. The first-order chi connectivity index (χ1) is 6.63. The summed E-state index contributed by atoms with van der Waals surface area (Å²) in [6.07, 6.45) is 0.785. The molecule has 6 heteroatoms. The van der Waals surface area contributed by atoms with Crippen LogP contribution in [0.4, 0.5) is 5.69 Å². The van der Waals surface area contributed by atoms with Gasteiger partial charge in [-0.25, -0.2) is 0 Å². The Morgan fingerprint density at radius 2 is 2.21 bits per heavy atom. The van der Waals surface area contributed by atoms with Crippen molar-refractivity contribution in [1.29, 1.82) is 0 Å². The van der Waals surface area contributed by atoms with Gasteiger partial charge in [-0.15, -0.1) is 0 Å². The van der Waals surface area contributed by atoms with E-state index in [9.17, 15) is 4.79 Å². The lowest BCUT2D eigenvalue weighted by molar-refractivity contribution is -0.110. The second kappa shape index (κ2) is 5.11. The molecule has 14 heavy (non-hydrogen) atoms. The van der Waals surface area contributed by atoms with Crippen LogP contribution in [0.25, 0.3) is 0 Å². The molecule has 0 aliphatic heterocycles. The summed E-state index contributed by atoms with van der Waals surface area (Å²) in [6, 6.07) is 5.35. The first-order valence-electron chi connectivity index (χ1n) is 3.57. The third kappa shape index (κ3) is 3.12. The smallest absolute Gasteiger partial charge is 0.270 e. The summed E-state index contributed by atoms with van der Waals surface area (Å²) >= 11 is 6.54. The van der Waals surface area contributed by atoms with Crippen LogP contribution in [0.15, 0.2) is 32.3 Å². The highest BCUT2D eigenvalue weighted by Crippen LogP contribution is 2.25. The number of oxime groups is 1. The van der Waals surface area contributed by atoms with Gasteiger partial charge in [0, 0.05) is 8.95 Å². The predicted octanol–water partition coefficient (Wildman–Crippen LogP) is 2.61. The van der Waals surface area contributed by atoms with Crippen molar-refractivity contribution in [2.75, 3.05) is 5.32 Å². The predicted molar refractivity (Wildman–Crippen MR) is 60.8 cm³/mol. The first-order valence-corrected chi connectivity index (χ1v) is 5.15. The largest absolute Gasteiger partial charge is 0.411 e. The minimum absolute atomic E-state index is 0.494. The van der Waals surface area contributed by atoms with Crippen LogP contribution in [0.5, 0.6) is 0 Å². The minimum atomic E-state index is -0.494. The summed E-state index contributed by atoms with van der Waals surface area (Å²) in [5, 5.41) is 13.3. The normalized spacial score (nSPS) is 10.4. The molecule has 0 atom stereocenters. The SMILES string of the molecule is O=C(/C=N\O)Nc1cc(Br)ccc1Br. The van der Waals surface area contributed by atoms with Crippen molar-refractivity contribution in [2.24, 2.45) is 5.16 Å². The van der Waals surface area contributed by atoms with E-state index in [0.717, 1.165) is 15.2 Å². The molecule has 4 nitrogen and oxygen atoms in total. The van der Waals surface area contributed by atoms with Crippen LogP contribution in [-0.4, -0.2) is 17.3 Å². The zero-order valence-electron chi connectivity index (χ0n) is 6.87. The van der Waals surface area contributed by atoms with Gasteiger partial charge in [-0.3, -0.25) is 4.79 Å². The van der Waals surface area contributed by atoms with Crippen molar-refractivity contribution in [3.8, 4) is 0 Å². The zero-order valence-corrected chi connectivity index (χ0v) is 10.0. The highest BCUT2D eigenvalue weighted by molar-refractivity contribution is 9.11. The number of carbonyl (C=O) groups excluding carboxylic acids is 1. The summed E-state index contributed by atoms with van der Waals surface area (Å²) < 4.78 is 1.59. The van der Waals surface area contributed by atoms with Gasteiger partial charge >= 0.3 is 0 Å². The van der Waals surface area contributed by atoms with E-state index in [-0.39, 0.29) is 0 Å². The fraction of sp³-hybridized carbons (Fsp3) is 0. The molecule has 0 saturated heterocycles. The van der Waals surface area contributed by atoms with Gasteiger partial charge < -0.3 is 10.5 Å². The van der Waals surface area contributed by atoms with Gasteiger partial charge in [-0.2, -0.15) is 0 Å². The van der Waals surface area contributed by atoms with E-state index in [2.05, 4.69) is 42.3 Å². The average Bonchev–Trinajstić information content (AvgIpc) is 2.12. The van der Waals surface area contributed by atoms with Gasteiger partial charge in [0.1, 0.15) is 6.21 Å². The molecule has 0 fully saturated rings. The molecule has 74 valence electrons. The lowest BCUT2D eigenvalue weighted by atomic mass is 10.3. The maximum Gasteiger partial charge on any atom is 0.270 e. The molecule has 0 saturated carbocycles. The molecule has 0 spiro atoms. The van der Waals surface area contributed by atoms with E-state index in [1.165, 1.54) is 0 Å². The van der Waals surface area contributed by atoms with Crippen LogP contribution < -0.4 is 5.32 Å². The monoisotopic (exact) mass is 320 g/mol. The second-order valence-electron chi connectivity index (χ2n) is 2.36. The minimum Gasteiger partial charge on any atom is -0.411 e. The Morgan fingerprint density at radius 1 is 1.50 bits per heavy atom. The van der Waals surface area contributed by atoms with E-state index in [0.29, 0.717) is 5.69 Å². The third-order valence-corrected chi connectivity index (χ3v) is 2.55. The van der Waals surface area contributed by atoms with E-state index >= 15 is 0 Å². The van der Waals surface area contributed by atoms with E-state index < -0.39 is 5.91 Å². The highest BCUT2D eigenvalue weighted by atomic mass is 79.9. The number of nitrogens with one attached hydrogen (secondary N) is 1. The van der Waals surface area contributed by atoms with Gasteiger partial charge in [0.05, 0.1) is 5.69 Å². The summed E-state index contributed by atoms with van der Waals surface area (Å²) in [6.45, 7) is 0. The quantitative estimate of drug-likeness (QED) is 0.499. The molecular weight excluding hydrogens is 316 g/mol. The molecule has 0 radical (unpaired) electrons. The van der Waals surface area contributed by atoms with Crippen molar-refractivity contribution in [3.05, 3.63) is 27.1 Å². The number of amides is 1. The number of benzene rings is 1. The summed E-state index contributed by atoms with van der Waals surface area (Å²) in [5.74, 6) is -0.494. The lowest BCUT2D eigenvalue weighted by Crippen LogP contribution is -2.12. The molecule has 2 N–H and O–H groups in total. The molecule has 0 heterocycles. The van der Waals surface area contributed by atoms with Crippen LogP contribution in [-0.2, 0) is 4.79 Å². The van der Waals surface area contributed by atoms with Crippen molar-refractivity contribution in [3.63, 3.8) is 0 Å². The molecule has 1 amide bonds. The number of anilines is 1. The number of carbonyl (C=O) groups is 1. The van der Waals surface area contributed by atoms with Gasteiger partial charge in [0.15, 0.2) is 0 Å². The Balaban J connectivity index is 2.85. The van der Waals surface area contributed by atoms with Crippen molar-refractivity contribution < 1.29 is 10.0 Å². The zero-order chi connectivity index (χ0) is 10.6. The molecule has 0 aliphatic carbocycles. The molecule has 1 aromatic rings. The highest BCUT2D eigenvalue weighted by Gasteiger charge is 2.03. The van der Waals surface area contributed by atoms with Gasteiger partial charge in [0.2, 0.25) is 0 Å². The maximum absolute atomic E-state index is 11.0. The van der Waals surface area contributed by atoms with Gasteiger partial charge in [-0.05, 0) is 34.1 Å². The molecule has 0 aromatic heterocycles. The van der Waals surface area contributed by atoms with Crippen molar-refractivity contribution in [1.82, 2.24) is 0 Å². The fourth-order valence-electron chi connectivity index (χ4n) is 0.811. The van der Waals surface area contributed by atoms with Gasteiger partial charge in [0.25, 0.3) is 5.91 Å². The van der Waals surface area contributed by atoms with Crippen molar-refractivity contribution >= 4 is 49.7 Å². The Morgan fingerprint density at radius 3 is 2.86 bits per heavy atom. The third-order valence-electron chi connectivity index (χ3n) is 1.36. The van der Waals surface area contributed by atoms with E-state index in [1.807, 2.05) is 6.07 Å².